The highest BCUT2D eigenvalue weighted by Crippen LogP contribution is 2.28. The molecule has 0 radical (unpaired) electrons. The lowest BCUT2D eigenvalue weighted by Crippen LogP contribution is -2.49. The Labute approximate surface area is 262 Å². The summed E-state index contributed by atoms with van der Waals surface area (Å²) in [5, 5.41) is 3.26. The molecule has 0 bridgehead atoms. The normalized spacial score (nSPS) is 14.9. The van der Waals surface area contributed by atoms with Crippen LogP contribution in [0.1, 0.15) is 48.3 Å². The predicted molar refractivity (Wildman–Crippen MR) is 175 cm³/mol. The Hall–Kier alpha value is -4.01. The van der Waals surface area contributed by atoms with Crippen LogP contribution in [0.3, 0.4) is 0 Å². The number of carbonyl (C=O) groups excluding carboxylic acids is 3. The van der Waals surface area contributed by atoms with Crippen LogP contribution in [0.25, 0.3) is 0 Å². The fraction of sp³-hybridized carbons (Fsp3) is 0.417. The van der Waals surface area contributed by atoms with E-state index in [0.29, 0.717) is 32.1 Å². The molecule has 3 aromatic rings. The van der Waals surface area contributed by atoms with Gasteiger partial charge in [-0.3, -0.25) is 14.4 Å². The summed E-state index contributed by atoms with van der Waals surface area (Å²) in [6, 6.07) is 30.9. The second-order valence-corrected chi connectivity index (χ2v) is 11.7. The molecule has 1 unspecified atom stereocenters. The van der Waals surface area contributed by atoms with Crippen LogP contribution in [0.4, 0.5) is 0 Å². The first-order valence-corrected chi connectivity index (χ1v) is 15.8. The van der Waals surface area contributed by atoms with Gasteiger partial charge in [0.25, 0.3) is 0 Å². The number of nitrogens with two attached hydrogens (primary N) is 1. The average molecular weight is 598 g/mol. The third-order valence-electron chi connectivity index (χ3n) is 8.58. The molecule has 0 saturated carbocycles. The maximum atomic E-state index is 13.7. The molecule has 0 aliphatic carbocycles. The highest BCUT2D eigenvalue weighted by atomic mass is 16.2. The molecule has 1 aliphatic rings. The van der Waals surface area contributed by atoms with E-state index in [2.05, 4.69) is 53.7 Å². The number of likely N-dealkylation sites (tertiary alicyclic amines) is 1. The fourth-order valence-electron chi connectivity index (χ4n) is 6.05. The molecular formula is C36H47N5O3. The van der Waals surface area contributed by atoms with Crippen molar-refractivity contribution in [3.63, 3.8) is 0 Å². The molecule has 8 heteroatoms. The summed E-state index contributed by atoms with van der Waals surface area (Å²) in [6.07, 6.45) is 4.48. The average Bonchev–Trinajstić information content (AvgIpc) is 3.46. The first-order valence-electron chi connectivity index (χ1n) is 15.8. The topological polar surface area (TPSA) is 99.0 Å². The molecule has 0 spiro atoms. The zero-order valence-electron chi connectivity index (χ0n) is 25.9. The minimum absolute atomic E-state index is 0.0463. The van der Waals surface area contributed by atoms with Crippen LogP contribution in [-0.4, -0.2) is 91.3 Å². The summed E-state index contributed by atoms with van der Waals surface area (Å²) in [7, 11) is 2.12. The molecule has 3 aromatic carbocycles. The van der Waals surface area contributed by atoms with E-state index in [-0.39, 0.29) is 37.4 Å². The van der Waals surface area contributed by atoms with Crippen molar-refractivity contribution in [2.75, 3.05) is 52.9 Å². The smallest absolute Gasteiger partial charge is 0.242 e. The molecule has 3 amide bonds. The fourth-order valence-corrected chi connectivity index (χ4v) is 6.05. The number of hydrogen-bond donors (Lipinski definition) is 2. The van der Waals surface area contributed by atoms with Gasteiger partial charge in [0.05, 0.1) is 19.6 Å². The van der Waals surface area contributed by atoms with Crippen LogP contribution >= 0.6 is 0 Å². The van der Waals surface area contributed by atoms with E-state index in [1.165, 1.54) is 10.5 Å². The van der Waals surface area contributed by atoms with Gasteiger partial charge in [0.15, 0.2) is 0 Å². The Bertz CT molecular complexity index is 1270. The quantitative estimate of drug-likeness (QED) is 0.232. The summed E-state index contributed by atoms with van der Waals surface area (Å²) >= 11 is 0. The Kier molecular flexibility index (Phi) is 13.0. The van der Waals surface area contributed by atoms with E-state index in [0.717, 1.165) is 43.4 Å². The summed E-state index contributed by atoms with van der Waals surface area (Å²) < 4.78 is 0. The van der Waals surface area contributed by atoms with Gasteiger partial charge in [0.2, 0.25) is 17.7 Å². The molecule has 0 aromatic heterocycles. The number of primary amides is 1. The highest BCUT2D eigenvalue weighted by molar-refractivity contribution is 5.88. The third-order valence-corrected chi connectivity index (χ3v) is 8.58. The van der Waals surface area contributed by atoms with Crippen LogP contribution in [0, 0.1) is 0 Å². The van der Waals surface area contributed by atoms with E-state index in [9.17, 15) is 14.4 Å². The minimum atomic E-state index is -0.567. The number of hydrogen-bond acceptors (Lipinski definition) is 5. The largest absolute Gasteiger partial charge is 0.368 e. The van der Waals surface area contributed by atoms with Crippen LogP contribution in [0.15, 0.2) is 91.0 Å². The summed E-state index contributed by atoms with van der Waals surface area (Å²) in [4.78, 5) is 44.8. The lowest BCUT2D eigenvalue weighted by atomic mass is 9.88. The van der Waals surface area contributed by atoms with Gasteiger partial charge in [-0.15, -0.1) is 0 Å². The first-order chi connectivity index (χ1) is 21.4. The maximum Gasteiger partial charge on any atom is 0.242 e. The van der Waals surface area contributed by atoms with Gasteiger partial charge < -0.3 is 25.8 Å². The van der Waals surface area contributed by atoms with E-state index >= 15 is 0 Å². The van der Waals surface area contributed by atoms with Gasteiger partial charge in [-0.1, -0.05) is 91.0 Å². The van der Waals surface area contributed by atoms with Crippen molar-refractivity contribution in [1.82, 2.24) is 20.0 Å². The van der Waals surface area contributed by atoms with Crippen LogP contribution < -0.4 is 11.1 Å². The monoisotopic (exact) mass is 597 g/mol. The minimum Gasteiger partial charge on any atom is -0.368 e. The zero-order valence-corrected chi connectivity index (χ0v) is 25.9. The zero-order chi connectivity index (χ0) is 31.1. The Morgan fingerprint density at radius 3 is 2.00 bits per heavy atom. The van der Waals surface area contributed by atoms with Gasteiger partial charge in [0, 0.05) is 25.0 Å². The van der Waals surface area contributed by atoms with Crippen LogP contribution in [-0.2, 0) is 20.8 Å². The molecule has 4 rings (SSSR count). The van der Waals surface area contributed by atoms with Crippen molar-refractivity contribution in [3.05, 3.63) is 108 Å². The van der Waals surface area contributed by atoms with Crippen molar-refractivity contribution in [3.8, 4) is 0 Å². The standard InChI is InChI=1S/C36H47N5O3/c1-39-23-11-18-32(39)20-24-41(35(43)26-38-22-19-29-12-5-2-6-13-29)28-36(44)40(27-34(37)42)25-21-33(30-14-7-3-8-15-30)31-16-9-4-10-17-31/h2-10,12-17,32-33,38H,11,18-28H2,1H3,(H2,37,42). The van der Waals surface area contributed by atoms with Gasteiger partial charge in [-0.25, -0.2) is 0 Å². The van der Waals surface area contributed by atoms with E-state index < -0.39 is 5.91 Å². The van der Waals surface area contributed by atoms with Crippen molar-refractivity contribution in [2.45, 2.75) is 44.1 Å². The molecule has 1 heterocycles. The number of benzene rings is 3. The lowest BCUT2D eigenvalue weighted by Gasteiger charge is -2.30. The SMILES string of the molecule is CN1CCCC1CCN(CC(=O)N(CCC(c1ccccc1)c1ccccc1)CC(N)=O)C(=O)CNCCc1ccccc1. The van der Waals surface area contributed by atoms with Crippen LogP contribution in [0.2, 0.25) is 0 Å². The van der Waals surface area contributed by atoms with Gasteiger partial charge >= 0.3 is 0 Å². The van der Waals surface area contributed by atoms with Crippen molar-refractivity contribution in [1.29, 1.82) is 0 Å². The predicted octanol–water partition coefficient (Wildman–Crippen LogP) is 3.67. The molecule has 44 heavy (non-hydrogen) atoms. The van der Waals surface area contributed by atoms with E-state index in [4.69, 9.17) is 5.73 Å². The Morgan fingerprint density at radius 1 is 0.841 bits per heavy atom. The van der Waals surface area contributed by atoms with Crippen molar-refractivity contribution < 1.29 is 14.4 Å². The lowest BCUT2D eigenvalue weighted by molar-refractivity contribution is -0.141. The molecular weight excluding hydrogens is 550 g/mol. The number of rotatable bonds is 17. The number of amides is 3. The molecule has 3 N–H and O–H groups in total. The van der Waals surface area contributed by atoms with Crippen molar-refractivity contribution >= 4 is 17.7 Å². The molecule has 1 aliphatic heterocycles. The summed E-state index contributed by atoms with van der Waals surface area (Å²) in [6.45, 7) is 2.44. The summed E-state index contributed by atoms with van der Waals surface area (Å²) in [5.41, 5.74) is 9.10. The maximum absolute atomic E-state index is 13.7. The van der Waals surface area contributed by atoms with Crippen LogP contribution in [0.5, 0.6) is 0 Å². The molecule has 1 atom stereocenters. The van der Waals surface area contributed by atoms with E-state index in [1.807, 2.05) is 54.6 Å². The molecule has 8 nitrogen and oxygen atoms in total. The second kappa shape index (κ2) is 17.3. The highest BCUT2D eigenvalue weighted by Gasteiger charge is 2.26. The first kappa shape index (κ1) is 32.9. The Balaban J connectivity index is 1.42. The molecule has 1 fully saturated rings. The molecule has 1 saturated heterocycles. The molecule has 234 valence electrons. The summed E-state index contributed by atoms with van der Waals surface area (Å²) in [5.74, 6) is -0.897. The number of carbonyl (C=O) groups is 3. The van der Waals surface area contributed by atoms with Gasteiger partial charge in [-0.05, 0) is 68.9 Å². The number of nitrogens with zero attached hydrogens (tertiary/aromatic N) is 3. The van der Waals surface area contributed by atoms with Crippen molar-refractivity contribution in [2.24, 2.45) is 5.73 Å². The number of nitrogens with one attached hydrogen (secondary N) is 1. The second-order valence-electron chi connectivity index (χ2n) is 11.7. The van der Waals surface area contributed by atoms with Gasteiger partial charge in [0.1, 0.15) is 0 Å². The third kappa shape index (κ3) is 10.3. The van der Waals surface area contributed by atoms with Gasteiger partial charge in [-0.2, -0.15) is 0 Å². The Morgan fingerprint density at radius 2 is 1.43 bits per heavy atom. The van der Waals surface area contributed by atoms with E-state index in [1.54, 1.807) is 4.90 Å².